The summed E-state index contributed by atoms with van der Waals surface area (Å²) in [4.78, 5) is 2.53. The molecule has 0 aromatic heterocycles. The normalized spacial score (nSPS) is 43.9. The summed E-state index contributed by atoms with van der Waals surface area (Å²) in [6.07, 6.45) is 1.62. The number of nitrogens with zero attached hydrogens (tertiary/aromatic N) is 1. The zero-order chi connectivity index (χ0) is 12.1. The van der Waals surface area contributed by atoms with Crippen LogP contribution in [0.2, 0.25) is 0 Å². The summed E-state index contributed by atoms with van der Waals surface area (Å²) in [5.74, 6) is 2.16. The van der Waals surface area contributed by atoms with Crippen molar-refractivity contribution in [1.29, 1.82) is 0 Å². The lowest BCUT2D eigenvalue weighted by molar-refractivity contribution is -0.100. The molecule has 2 aliphatic rings. The molecule has 2 heteroatoms. The Hall–Kier alpha value is -0.0800. The van der Waals surface area contributed by atoms with Gasteiger partial charge in [0.2, 0.25) is 0 Å². The predicted octanol–water partition coefficient (Wildman–Crippen LogP) is 2.78. The van der Waals surface area contributed by atoms with E-state index < -0.39 is 0 Å². The molecule has 0 radical (unpaired) electrons. The van der Waals surface area contributed by atoms with Gasteiger partial charge in [0.25, 0.3) is 0 Å². The van der Waals surface area contributed by atoms with Gasteiger partial charge < -0.3 is 4.74 Å². The molecule has 0 N–H and O–H groups in total. The van der Waals surface area contributed by atoms with E-state index >= 15 is 0 Å². The SMILES string of the molecule is CC(C)CC12CN(C)C(C(C)O1)C2C(C)C. The second-order valence-corrected chi connectivity index (χ2v) is 6.66. The summed E-state index contributed by atoms with van der Waals surface area (Å²) in [6, 6.07) is 0.638. The summed E-state index contributed by atoms with van der Waals surface area (Å²) < 4.78 is 6.36. The molecule has 2 aliphatic heterocycles. The van der Waals surface area contributed by atoms with Crippen molar-refractivity contribution in [2.75, 3.05) is 13.6 Å². The molecular formula is C14H27NO. The van der Waals surface area contributed by atoms with E-state index in [-0.39, 0.29) is 5.60 Å². The minimum Gasteiger partial charge on any atom is -0.369 e. The minimum atomic E-state index is 0.140. The van der Waals surface area contributed by atoms with E-state index in [1.165, 1.54) is 6.42 Å². The van der Waals surface area contributed by atoms with Crippen LogP contribution in [0.25, 0.3) is 0 Å². The largest absolute Gasteiger partial charge is 0.369 e. The van der Waals surface area contributed by atoms with E-state index in [9.17, 15) is 0 Å². The molecule has 4 atom stereocenters. The lowest BCUT2D eigenvalue weighted by Gasteiger charge is -2.36. The molecule has 2 saturated heterocycles. The van der Waals surface area contributed by atoms with Gasteiger partial charge in [0.15, 0.2) is 0 Å². The van der Waals surface area contributed by atoms with Crippen molar-refractivity contribution in [3.63, 3.8) is 0 Å². The first-order chi connectivity index (χ1) is 7.37. The number of rotatable bonds is 3. The van der Waals surface area contributed by atoms with Crippen molar-refractivity contribution in [1.82, 2.24) is 4.90 Å². The molecule has 2 fully saturated rings. The van der Waals surface area contributed by atoms with E-state index in [4.69, 9.17) is 4.74 Å². The van der Waals surface area contributed by atoms with Crippen LogP contribution < -0.4 is 0 Å². The zero-order valence-corrected chi connectivity index (χ0v) is 11.7. The van der Waals surface area contributed by atoms with Gasteiger partial charge in [0.1, 0.15) is 0 Å². The smallest absolute Gasteiger partial charge is 0.0861 e. The van der Waals surface area contributed by atoms with Crippen molar-refractivity contribution in [2.45, 2.75) is 58.8 Å². The molecule has 0 amide bonds. The fraction of sp³-hybridized carbons (Fsp3) is 1.00. The molecule has 2 heterocycles. The maximum Gasteiger partial charge on any atom is 0.0861 e. The lowest BCUT2D eigenvalue weighted by Crippen LogP contribution is -2.45. The summed E-state index contributed by atoms with van der Waals surface area (Å²) in [7, 11) is 2.27. The first kappa shape index (κ1) is 12.4. The quantitative estimate of drug-likeness (QED) is 0.732. The van der Waals surface area contributed by atoms with Gasteiger partial charge in [-0.2, -0.15) is 0 Å². The Morgan fingerprint density at radius 1 is 1.31 bits per heavy atom. The molecule has 2 bridgehead atoms. The Kier molecular flexibility index (Phi) is 3.09. The van der Waals surface area contributed by atoms with Gasteiger partial charge in [0.05, 0.1) is 11.7 Å². The van der Waals surface area contributed by atoms with Crippen molar-refractivity contribution in [3.05, 3.63) is 0 Å². The highest BCUT2D eigenvalue weighted by Crippen LogP contribution is 2.51. The molecule has 0 spiro atoms. The number of hydrogen-bond acceptors (Lipinski definition) is 2. The fourth-order valence-corrected chi connectivity index (χ4v) is 4.37. The van der Waals surface area contributed by atoms with Gasteiger partial charge in [0, 0.05) is 18.5 Å². The third-order valence-electron chi connectivity index (χ3n) is 4.37. The molecule has 94 valence electrons. The van der Waals surface area contributed by atoms with Gasteiger partial charge in [-0.1, -0.05) is 27.7 Å². The standard InChI is InChI=1S/C14H27NO/c1-9(2)7-14-8-15(6)13(11(5)16-14)12(14)10(3)4/h9-13H,7-8H2,1-6H3. The third kappa shape index (κ3) is 1.70. The number of fused-ring (bicyclic) bond motifs is 2. The summed E-state index contributed by atoms with van der Waals surface area (Å²) >= 11 is 0. The summed E-state index contributed by atoms with van der Waals surface area (Å²) in [5.41, 5.74) is 0.140. The number of ether oxygens (including phenoxy) is 1. The molecule has 16 heavy (non-hydrogen) atoms. The fourth-order valence-electron chi connectivity index (χ4n) is 4.37. The highest BCUT2D eigenvalue weighted by Gasteiger charge is 2.61. The van der Waals surface area contributed by atoms with Gasteiger partial charge in [-0.3, -0.25) is 4.90 Å². The Labute approximate surface area is 100 Å². The van der Waals surface area contributed by atoms with Gasteiger partial charge in [-0.05, 0) is 32.2 Å². The van der Waals surface area contributed by atoms with Crippen LogP contribution in [0.1, 0.15) is 41.0 Å². The van der Waals surface area contributed by atoms with Crippen LogP contribution >= 0.6 is 0 Å². The van der Waals surface area contributed by atoms with Crippen LogP contribution in [0.3, 0.4) is 0 Å². The minimum absolute atomic E-state index is 0.140. The molecule has 0 saturated carbocycles. The van der Waals surface area contributed by atoms with Crippen molar-refractivity contribution in [3.8, 4) is 0 Å². The first-order valence-corrected chi connectivity index (χ1v) is 6.75. The predicted molar refractivity (Wildman–Crippen MR) is 67.5 cm³/mol. The van der Waals surface area contributed by atoms with Crippen LogP contribution in [-0.4, -0.2) is 36.2 Å². The molecule has 0 aromatic carbocycles. The lowest BCUT2D eigenvalue weighted by atomic mass is 9.76. The Morgan fingerprint density at radius 2 is 1.94 bits per heavy atom. The van der Waals surface area contributed by atoms with E-state index in [0.717, 1.165) is 24.3 Å². The molecule has 2 rings (SSSR count). The maximum absolute atomic E-state index is 6.36. The van der Waals surface area contributed by atoms with Crippen molar-refractivity contribution < 1.29 is 4.74 Å². The average molecular weight is 225 g/mol. The van der Waals surface area contributed by atoms with Gasteiger partial charge in [-0.25, -0.2) is 0 Å². The summed E-state index contributed by atoms with van der Waals surface area (Å²) in [6.45, 7) is 12.7. The van der Waals surface area contributed by atoms with Crippen LogP contribution in [0.4, 0.5) is 0 Å². The number of likely N-dealkylation sites (N-methyl/N-ethyl adjacent to an activating group) is 1. The molecule has 0 aliphatic carbocycles. The van der Waals surface area contributed by atoms with Gasteiger partial charge >= 0.3 is 0 Å². The second-order valence-electron chi connectivity index (χ2n) is 6.66. The van der Waals surface area contributed by atoms with Crippen LogP contribution in [0.15, 0.2) is 0 Å². The number of hydrogen-bond donors (Lipinski definition) is 0. The highest BCUT2D eigenvalue weighted by molar-refractivity contribution is 5.12. The summed E-state index contributed by atoms with van der Waals surface area (Å²) in [5, 5.41) is 0. The van der Waals surface area contributed by atoms with Crippen molar-refractivity contribution >= 4 is 0 Å². The molecular weight excluding hydrogens is 198 g/mol. The Bertz CT molecular complexity index is 249. The zero-order valence-electron chi connectivity index (χ0n) is 11.7. The first-order valence-electron chi connectivity index (χ1n) is 6.75. The maximum atomic E-state index is 6.36. The Morgan fingerprint density at radius 3 is 2.38 bits per heavy atom. The van der Waals surface area contributed by atoms with E-state index in [1.807, 2.05) is 0 Å². The van der Waals surface area contributed by atoms with Crippen LogP contribution in [0, 0.1) is 17.8 Å². The van der Waals surface area contributed by atoms with Crippen LogP contribution in [-0.2, 0) is 4.74 Å². The van der Waals surface area contributed by atoms with Crippen LogP contribution in [0.5, 0.6) is 0 Å². The monoisotopic (exact) mass is 225 g/mol. The Balaban J connectivity index is 2.28. The average Bonchev–Trinajstić information content (AvgIpc) is 2.49. The van der Waals surface area contributed by atoms with E-state index in [2.05, 4.69) is 46.6 Å². The van der Waals surface area contributed by atoms with E-state index in [0.29, 0.717) is 12.1 Å². The second kappa shape index (κ2) is 3.99. The number of likely N-dealkylation sites (tertiary alicyclic amines) is 1. The van der Waals surface area contributed by atoms with Gasteiger partial charge in [-0.15, -0.1) is 0 Å². The highest BCUT2D eigenvalue weighted by atomic mass is 16.5. The molecule has 0 aromatic rings. The number of morpholine rings is 1. The van der Waals surface area contributed by atoms with Crippen molar-refractivity contribution in [2.24, 2.45) is 17.8 Å². The third-order valence-corrected chi connectivity index (χ3v) is 4.37. The topological polar surface area (TPSA) is 12.5 Å². The molecule has 2 nitrogen and oxygen atoms in total. The van der Waals surface area contributed by atoms with E-state index in [1.54, 1.807) is 0 Å². The molecule has 4 unspecified atom stereocenters.